The fourth-order valence-electron chi connectivity index (χ4n) is 1.19. The van der Waals surface area contributed by atoms with Gasteiger partial charge < -0.3 is 19.8 Å². The van der Waals surface area contributed by atoms with Crippen molar-refractivity contribution in [1.82, 2.24) is 4.98 Å². The molecule has 0 unspecified atom stereocenters. The number of nitrogens with zero attached hydrogens (tertiary/aromatic N) is 2. The maximum atomic E-state index is 11.3. The van der Waals surface area contributed by atoms with Crippen LogP contribution >= 0.6 is 22.9 Å². The van der Waals surface area contributed by atoms with Gasteiger partial charge in [-0.15, -0.1) is 0 Å². The number of aliphatic hydroxyl groups excluding tert-OH is 2. The quantitative estimate of drug-likeness (QED) is 0.733. The van der Waals surface area contributed by atoms with E-state index in [1.807, 2.05) is 0 Å². The molecule has 1 aromatic heterocycles. The van der Waals surface area contributed by atoms with Crippen molar-refractivity contribution < 1.29 is 19.7 Å². The Morgan fingerprint density at radius 3 is 2.53 bits per heavy atom. The van der Waals surface area contributed by atoms with Crippen LogP contribution in [-0.2, 0) is 4.74 Å². The lowest BCUT2D eigenvalue weighted by atomic mass is 10.5. The van der Waals surface area contributed by atoms with Gasteiger partial charge in [0.25, 0.3) is 0 Å². The molecule has 0 aliphatic carbocycles. The fourth-order valence-corrected chi connectivity index (χ4v) is 2.44. The van der Waals surface area contributed by atoms with Crippen LogP contribution in [0, 0.1) is 0 Å². The lowest BCUT2D eigenvalue weighted by molar-refractivity contribution is 0.0606. The topological polar surface area (TPSA) is 82.9 Å². The number of aliphatic hydroxyl groups is 2. The van der Waals surface area contributed by atoms with E-state index in [9.17, 15) is 4.79 Å². The molecule has 17 heavy (non-hydrogen) atoms. The van der Waals surface area contributed by atoms with Gasteiger partial charge in [0.1, 0.15) is 0 Å². The van der Waals surface area contributed by atoms with Crippen LogP contribution in [0.3, 0.4) is 0 Å². The van der Waals surface area contributed by atoms with Gasteiger partial charge in [-0.2, -0.15) is 0 Å². The molecule has 0 spiro atoms. The van der Waals surface area contributed by atoms with Crippen LogP contribution in [0.4, 0.5) is 5.13 Å². The Balaban J connectivity index is 2.93. The number of esters is 1. The Labute approximate surface area is 107 Å². The summed E-state index contributed by atoms with van der Waals surface area (Å²) in [6.07, 6.45) is 0. The van der Waals surface area contributed by atoms with Crippen LogP contribution in [0.15, 0.2) is 0 Å². The van der Waals surface area contributed by atoms with E-state index in [1.54, 1.807) is 4.90 Å². The molecule has 0 aliphatic rings. The third-order valence-electron chi connectivity index (χ3n) is 1.96. The Hall–Kier alpha value is -0.890. The highest BCUT2D eigenvalue weighted by atomic mass is 35.5. The first-order valence-electron chi connectivity index (χ1n) is 4.85. The zero-order chi connectivity index (χ0) is 12.8. The number of carbonyl (C=O) groups is 1. The maximum absolute atomic E-state index is 11.3. The predicted octanol–water partition coefficient (Wildman–Crippen LogP) is 0.374. The van der Waals surface area contributed by atoms with Crippen molar-refractivity contribution in [3.05, 3.63) is 10.0 Å². The third-order valence-corrected chi connectivity index (χ3v) is 3.44. The number of methoxy groups -OCH3 is 1. The third kappa shape index (κ3) is 3.53. The van der Waals surface area contributed by atoms with Gasteiger partial charge in [0.2, 0.25) is 0 Å². The zero-order valence-corrected chi connectivity index (χ0v) is 10.8. The molecule has 8 heteroatoms. The molecule has 1 heterocycles. The molecular formula is C9H13ClN2O4S. The zero-order valence-electron chi connectivity index (χ0n) is 9.22. The Bertz CT molecular complexity index is 379. The monoisotopic (exact) mass is 280 g/mol. The molecule has 0 amide bonds. The van der Waals surface area contributed by atoms with Gasteiger partial charge in [0, 0.05) is 13.1 Å². The molecule has 0 fully saturated rings. The Morgan fingerprint density at radius 1 is 1.47 bits per heavy atom. The summed E-state index contributed by atoms with van der Waals surface area (Å²) >= 11 is 6.88. The first kappa shape index (κ1) is 14.2. The van der Waals surface area contributed by atoms with Crippen LogP contribution in [0.2, 0.25) is 5.15 Å². The number of hydrogen-bond acceptors (Lipinski definition) is 7. The summed E-state index contributed by atoms with van der Waals surface area (Å²) in [5, 5.41) is 18.3. The van der Waals surface area contributed by atoms with Gasteiger partial charge in [-0.05, 0) is 0 Å². The molecule has 0 aliphatic heterocycles. The number of aromatic nitrogens is 1. The molecule has 1 rings (SSSR count). The SMILES string of the molecule is COC(=O)c1sc(N(CCO)CCO)nc1Cl. The molecule has 96 valence electrons. The largest absolute Gasteiger partial charge is 0.465 e. The maximum Gasteiger partial charge on any atom is 0.351 e. The molecule has 0 aromatic carbocycles. The lowest BCUT2D eigenvalue weighted by Gasteiger charge is -2.18. The second kappa shape index (κ2) is 6.75. The smallest absolute Gasteiger partial charge is 0.351 e. The number of halogens is 1. The summed E-state index contributed by atoms with van der Waals surface area (Å²) in [5.74, 6) is -0.549. The Kier molecular flexibility index (Phi) is 5.63. The average Bonchev–Trinajstić information content (AvgIpc) is 2.70. The van der Waals surface area contributed by atoms with Crippen LogP contribution in [0.25, 0.3) is 0 Å². The highest BCUT2D eigenvalue weighted by molar-refractivity contribution is 7.18. The minimum atomic E-state index is -0.549. The first-order chi connectivity index (χ1) is 8.13. The summed E-state index contributed by atoms with van der Waals surface area (Å²) in [7, 11) is 1.26. The van der Waals surface area contributed by atoms with E-state index in [0.717, 1.165) is 11.3 Å². The van der Waals surface area contributed by atoms with E-state index in [2.05, 4.69) is 9.72 Å². The second-order valence-electron chi connectivity index (χ2n) is 3.04. The van der Waals surface area contributed by atoms with Crippen molar-refractivity contribution in [2.45, 2.75) is 0 Å². The van der Waals surface area contributed by atoms with Crippen molar-refractivity contribution in [1.29, 1.82) is 0 Å². The van der Waals surface area contributed by atoms with Crippen molar-refractivity contribution in [3.63, 3.8) is 0 Å². The fraction of sp³-hybridized carbons (Fsp3) is 0.556. The predicted molar refractivity (Wildman–Crippen MR) is 64.8 cm³/mol. The first-order valence-corrected chi connectivity index (χ1v) is 6.04. The summed E-state index contributed by atoms with van der Waals surface area (Å²) in [5.41, 5.74) is 0. The molecule has 0 saturated carbocycles. The lowest BCUT2D eigenvalue weighted by Crippen LogP contribution is -2.29. The van der Waals surface area contributed by atoms with E-state index in [4.69, 9.17) is 21.8 Å². The highest BCUT2D eigenvalue weighted by Gasteiger charge is 2.20. The van der Waals surface area contributed by atoms with E-state index in [0.29, 0.717) is 18.2 Å². The van der Waals surface area contributed by atoms with Crippen molar-refractivity contribution in [3.8, 4) is 0 Å². The van der Waals surface area contributed by atoms with E-state index < -0.39 is 5.97 Å². The van der Waals surface area contributed by atoms with Crippen LogP contribution < -0.4 is 4.90 Å². The van der Waals surface area contributed by atoms with Crippen LogP contribution in [-0.4, -0.2) is 54.6 Å². The van der Waals surface area contributed by atoms with Crippen LogP contribution in [0.5, 0.6) is 0 Å². The van der Waals surface area contributed by atoms with Gasteiger partial charge in [-0.25, -0.2) is 9.78 Å². The number of carbonyl (C=O) groups excluding carboxylic acids is 1. The molecular weight excluding hydrogens is 268 g/mol. The van der Waals surface area contributed by atoms with Gasteiger partial charge >= 0.3 is 5.97 Å². The van der Waals surface area contributed by atoms with Crippen molar-refractivity contribution >= 4 is 34.0 Å². The number of ether oxygens (including phenoxy) is 1. The summed E-state index contributed by atoms with van der Waals surface area (Å²) in [6, 6.07) is 0. The number of anilines is 1. The van der Waals surface area contributed by atoms with E-state index in [-0.39, 0.29) is 23.2 Å². The average molecular weight is 281 g/mol. The summed E-state index contributed by atoms with van der Waals surface area (Å²) < 4.78 is 4.56. The molecule has 0 atom stereocenters. The number of hydrogen-bond donors (Lipinski definition) is 2. The van der Waals surface area contributed by atoms with Crippen LogP contribution in [0.1, 0.15) is 9.67 Å². The van der Waals surface area contributed by atoms with Gasteiger partial charge in [0.15, 0.2) is 15.2 Å². The molecule has 6 nitrogen and oxygen atoms in total. The highest BCUT2D eigenvalue weighted by Crippen LogP contribution is 2.29. The minimum Gasteiger partial charge on any atom is -0.465 e. The summed E-state index contributed by atoms with van der Waals surface area (Å²) in [4.78, 5) is 17.2. The second-order valence-corrected chi connectivity index (χ2v) is 4.38. The molecule has 0 radical (unpaired) electrons. The summed E-state index contributed by atoms with van der Waals surface area (Å²) in [6.45, 7) is 0.464. The van der Waals surface area contributed by atoms with E-state index in [1.165, 1.54) is 7.11 Å². The molecule has 0 bridgehead atoms. The Morgan fingerprint density at radius 2 is 2.06 bits per heavy atom. The van der Waals surface area contributed by atoms with Crippen molar-refractivity contribution in [2.24, 2.45) is 0 Å². The normalized spacial score (nSPS) is 10.4. The number of thiazole rings is 1. The standard InChI is InChI=1S/C9H13ClN2O4S/c1-16-8(15)6-7(10)11-9(17-6)12(2-4-13)3-5-14/h13-14H,2-5H2,1H3. The van der Waals surface area contributed by atoms with Gasteiger partial charge in [-0.3, -0.25) is 0 Å². The molecule has 1 aromatic rings. The van der Waals surface area contributed by atoms with Crippen molar-refractivity contribution in [2.75, 3.05) is 38.3 Å². The number of rotatable bonds is 6. The minimum absolute atomic E-state index is 0.0673. The van der Waals surface area contributed by atoms with Gasteiger partial charge in [-0.1, -0.05) is 22.9 Å². The molecule has 0 saturated heterocycles. The van der Waals surface area contributed by atoms with E-state index >= 15 is 0 Å². The van der Waals surface area contributed by atoms with Gasteiger partial charge in [0.05, 0.1) is 20.3 Å². The molecule has 2 N–H and O–H groups in total.